The van der Waals surface area contributed by atoms with Crippen LogP contribution in [0.3, 0.4) is 0 Å². The minimum absolute atomic E-state index is 0.00456. The lowest BCUT2D eigenvalue weighted by Gasteiger charge is -2.22. The van der Waals surface area contributed by atoms with Crippen molar-refractivity contribution in [3.8, 4) is 5.69 Å². The molecule has 38 heavy (non-hydrogen) atoms. The summed E-state index contributed by atoms with van der Waals surface area (Å²) in [6.07, 6.45) is 4.95. The molecule has 3 heterocycles. The van der Waals surface area contributed by atoms with Gasteiger partial charge in [-0.2, -0.15) is 13.2 Å². The van der Waals surface area contributed by atoms with E-state index in [9.17, 15) is 18.0 Å². The highest BCUT2D eigenvalue weighted by molar-refractivity contribution is 6.04. The highest BCUT2D eigenvalue weighted by atomic mass is 19.4. The Morgan fingerprint density at radius 2 is 1.68 bits per heavy atom. The van der Waals surface area contributed by atoms with Crippen LogP contribution in [0.25, 0.3) is 5.69 Å². The molecule has 11 heteroatoms. The molecule has 1 amide bonds. The molecule has 5 rings (SSSR count). The van der Waals surface area contributed by atoms with Gasteiger partial charge in [0.2, 0.25) is 5.95 Å². The van der Waals surface area contributed by atoms with Crippen LogP contribution in [-0.2, 0) is 6.18 Å². The fourth-order valence-corrected chi connectivity index (χ4v) is 3.80. The zero-order valence-electron chi connectivity index (χ0n) is 20.0. The van der Waals surface area contributed by atoms with Gasteiger partial charge in [0, 0.05) is 47.4 Å². The number of hydrogen-bond acceptors (Lipinski definition) is 6. The number of carbonyl (C=O) groups excluding carboxylic acids is 1. The summed E-state index contributed by atoms with van der Waals surface area (Å²) in [5.41, 5.74) is 1.62. The predicted octanol–water partition coefficient (Wildman–Crippen LogP) is 6.11. The number of nitrogens with one attached hydrogen (secondary N) is 1. The third-order valence-electron chi connectivity index (χ3n) is 5.56. The molecule has 190 valence electrons. The van der Waals surface area contributed by atoms with Gasteiger partial charge >= 0.3 is 6.18 Å². The van der Waals surface area contributed by atoms with Crippen molar-refractivity contribution < 1.29 is 18.0 Å². The molecule has 0 saturated heterocycles. The molecule has 0 aliphatic rings. The average Bonchev–Trinajstić information content (AvgIpc) is 3.36. The van der Waals surface area contributed by atoms with Crippen molar-refractivity contribution >= 4 is 28.9 Å². The molecular weight excluding hydrogens is 495 g/mol. The second-order valence-electron chi connectivity index (χ2n) is 8.29. The fourth-order valence-electron chi connectivity index (χ4n) is 3.80. The van der Waals surface area contributed by atoms with E-state index in [1.165, 1.54) is 17.0 Å². The molecule has 0 aliphatic carbocycles. The number of benzene rings is 2. The normalized spacial score (nSPS) is 11.3. The largest absolute Gasteiger partial charge is 0.416 e. The lowest BCUT2D eigenvalue weighted by molar-refractivity contribution is -0.137. The van der Waals surface area contributed by atoms with Crippen molar-refractivity contribution in [3.05, 3.63) is 115 Å². The van der Waals surface area contributed by atoms with E-state index in [1.54, 1.807) is 79.2 Å². The number of halogens is 3. The molecule has 0 atom stereocenters. The van der Waals surface area contributed by atoms with E-state index in [0.29, 0.717) is 23.0 Å². The molecule has 0 spiro atoms. The van der Waals surface area contributed by atoms with Gasteiger partial charge in [0.15, 0.2) is 0 Å². The summed E-state index contributed by atoms with van der Waals surface area (Å²) in [6, 6.07) is 15.2. The van der Waals surface area contributed by atoms with E-state index >= 15 is 0 Å². The van der Waals surface area contributed by atoms with Gasteiger partial charge in [0.05, 0.1) is 29.5 Å². The van der Waals surface area contributed by atoms with Crippen LogP contribution < -0.4 is 10.2 Å². The quantitative estimate of drug-likeness (QED) is 0.294. The number of imidazole rings is 1. The van der Waals surface area contributed by atoms with Crippen molar-refractivity contribution in [3.63, 3.8) is 0 Å². The molecule has 0 bridgehead atoms. The third-order valence-corrected chi connectivity index (χ3v) is 5.56. The molecular formula is C27H20F3N7O. The molecule has 2 aromatic carbocycles. The van der Waals surface area contributed by atoms with E-state index in [1.807, 2.05) is 6.07 Å². The van der Waals surface area contributed by atoms with Gasteiger partial charge in [-0.1, -0.05) is 0 Å². The molecule has 8 nitrogen and oxygen atoms in total. The smallest absolute Gasteiger partial charge is 0.322 e. The first-order valence-electron chi connectivity index (χ1n) is 11.4. The number of nitrogens with zero attached hydrogens (tertiary/aromatic N) is 6. The Morgan fingerprint density at radius 3 is 2.32 bits per heavy atom. The number of carbonyl (C=O) groups is 1. The van der Waals surface area contributed by atoms with Crippen LogP contribution in [0.5, 0.6) is 0 Å². The summed E-state index contributed by atoms with van der Waals surface area (Å²) in [4.78, 5) is 31.6. The Morgan fingerprint density at radius 1 is 0.921 bits per heavy atom. The first kappa shape index (κ1) is 24.6. The van der Waals surface area contributed by atoms with Gasteiger partial charge in [0.25, 0.3) is 5.91 Å². The average molecular weight is 515 g/mol. The van der Waals surface area contributed by atoms with E-state index in [4.69, 9.17) is 0 Å². The number of aromatic nitrogens is 5. The minimum Gasteiger partial charge on any atom is -0.322 e. The van der Waals surface area contributed by atoms with Gasteiger partial charge in [-0.05, 0) is 67.6 Å². The molecule has 0 fully saturated rings. The maximum atomic E-state index is 13.6. The molecule has 3 aromatic heterocycles. The summed E-state index contributed by atoms with van der Waals surface area (Å²) < 4.78 is 42.2. The van der Waals surface area contributed by atoms with Crippen LogP contribution in [0.1, 0.15) is 21.6 Å². The maximum Gasteiger partial charge on any atom is 0.416 e. The van der Waals surface area contributed by atoms with E-state index in [2.05, 4.69) is 25.3 Å². The first-order chi connectivity index (χ1) is 18.3. The van der Waals surface area contributed by atoms with Crippen LogP contribution >= 0.6 is 0 Å². The molecule has 0 radical (unpaired) electrons. The van der Waals surface area contributed by atoms with Crippen molar-refractivity contribution in [2.45, 2.75) is 13.1 Å². The number of anilines is 4. The number of alkyl halides is 3. The highest BCUT2D eigenvalue weighted by Crippen LogP contribution is 2.34. The Labute approximate surface area is 215 Å². The summed E-state index contributed by atoms with van der Waals surface area (Å²) in [7, 11) is 0. The summed E-state index contributed by atoms with van der Waals surface area (Å²) in [5.74, 6) is -0.156. The Kier molecular flexibility index (Phi) is 6.56. The van der Waals surface area contributed by atoms with Gasteiger partial charge in [-0.15, -0.1) is 0 Å². The Bertz CT molecular complexity index is 1510. The first-order valence-corrected chi connectivity index (χ1v) is 11.4. The van der Waals surface area contributed by atoms with E-state index in [-0.39, 0.29) is 16.9 Å². The predicted molar refractivity (Wildman–Crippen MR) is 136 cm³/mol. The lowest BCUT2D eigenvalue weighted by atomic mass is 10.1. The lowest BCUT2D eigenvalue weighted by Crippen LogP contribution is -2.15. The number of amides is 1. The van der Waals surface area contributed by atoms with Crippen molar-refractivity contribution in [1.29, 1.82) is 0 Å². The van der Waals surface area contributed by atoms with Crippen LogP contribution in [0.4, 0.5) is 36.2 Å². The molecule has 5 aromatic rings. The SMILES string of the molecule is Cc1cn(-c2cc(NC(=O)c3ccc(N(c4cccnc4)c4ncccn4)cc3)cc(C(F)(F)F)c2)cn1. The fraction of sp³-hybridized carbons (Fsp3) is 0.0741. The zero-order chi connectivity index (χ0) is 26.7. The summed E-state index contributed by atoms with van der Waals surface area (Å²) in [6.45, 7) is 1.73. The highest BCUT2D eigenvalue weighted by Gasteiger charge is 2.31. The van der Waals surface area contributed by atoms with Crippen molar-refractivity contribution in [1.82, 2.24) is 24.5 Å². The van der Waals surface area contributed by atoms with Gasteiger partial charge in [-0.3, -0.25) is 14.7 Å². The second kappa shape index (κ2) is 10.1. The van der Waals surface area contributed by atoms with Gasteiger partial charge < -0.3 is 9.88 Å². The Balaban J connectivity index is 1.43. The molecule has 0 unspecified atom stereocenters. The standard InChI is InChI=1S/C27H20F3N7O/c1-18-16-36(17-34-18)24-13-20(27(28,29)30)12-21(14-24)35-25(38)19-5-7-22(8-6-19)37(23-4-2-9-31-15-23)26-32-10-3-11-33-26/h2-17H,1H3,(H,35,38). The number of aryl methyl sites for hydroxylation is 1. The van der Waals surface area contributed by atoms with Crippen LogP contribution in [-0.4, -0.2) is 30.4 Å². The van der Waals surface area contributed by atoms with Crippen LogP contribution in [0.15, 0.2) is 98.0 Å². The van der Waals surface area contributed by atoms with Gasteiger partial charge in [-0.25, -0.2) is 15.0 Å². The topological polar surface area (TPSA) is 88.8 Å². The monoisotopic (exact) mass is 515 g/mol. The molecule has 1 N–H and O–H groups in total. The summed E-state index contributed by atoms with van der Waals surface area (Å²) >= 11 is 0. The Hall–Kier alpha value is -5.06. The summed E-state index contributed by atoms with van der Waals surface area (Å²) in [5, 5.41) is 2.58. The third kappa shape index (κ3) is 5.36. The number of pyridine rings is 1. The second-order valence-corrected chi connectivity index (χ2v) is 8.29. The zero-order valence-corrected chi connectivity index (χ0v) is 20.0. The molecule has 0 saturated carbocycles. The molecule has 0 aliphatic heterocycles. The van der Waals surface area contributed by atoms with Crippen LogP contribution in [0.2, 0.25) is 0 Å². The number of hydrogen-bond donors (Lipinski definition) is 1. The van der Waals surface area contributed by atoms with Crippen molar-refractivity contribution in [2.75, 3.05) is 10.2 Å². The maximum absolute atomic E-state index is 13.6. The number of rotatable bonds is 6. The van der Waals surface area contributed by atoms with E-state index in [0.717, 1.165) is 12.1 Å². The van der Waals surface area contributed by atoms with E-state index < -0.39 is 17.6 Å². The minimum atomic E-state index is -4.60. The van der Waals surface area contributed by atoms with Crippen LogP contribution in [0, 0.1) is 6.92 Å². The van der Waals surface area contributed by atoms with Crippen molar-refractivity contribution in [2.24, 2.45) is 0 Å². The van der Waals surface area contributed by atoms with Gasteiger partial charge in [0.1, 0.15) is 0 Å².